The summed E-state index contributed by atoms with van der Waals surface area (Å²) in [6, 6.07) is 7.46. The number of urea groups is 1. The monoisotopic (exact) mass is 264 g/mol. The van der Waals surface area contributed by atoms with Crippen molar-refractivity contribution in [3.8, 4) is 0 Å². The number of amides is 2. The summed E-state index contributed by atoms with van der Waals surface area (Å²) in [4.78, 5) is 22.3. The van der Waals surface area contributed by atoms with E-state index in [2.05, 4.69) is 10.6 Å². The second-order valence-electron chi connectivity index (χ2n) is 5.25. The molecular weight excluding hydrogens is 244 g/mol. The third-order valence-electron chi connectivity index (χ3n) is 2.58. The first kappa shape index (κ1) is 15.0. The molecule has 0 saturated carbocycles. The molecule has 0 heterocycles. The summed E-state index contributed by atoms with van der Waals surface area (Å²) < 4.78 is 0. The molecule has 0 saturated heterocycles. The molecule has 104 valence electrons. The number of aryl methyl sites for hydroxylation is 1. The summed E-state index contributed by atoms with van der Waals surface area (Å²) in [7, 11) is 0. The number of carbonyl (C=O) groups excluding carboxylic acids is 1. The topological polar surface area (TPSA) is 78.4 Å². The molecule has 0 aromatic heterocycles. The minimum Gasteiger partial charge on any atom is -0.481 e. The minimum atomic E-state index is -0.941. The van der Waals surface area contributed by atoms with Crippen LogP contribution in [0.25, 0.3) is 0 Å². The molecule has 0 bridgehead atoms. The standard InChI is InChI=1S/C14H20N2O3/c1-10-5-4-6-11(7-10)9-15-13(19)16-14(2,3)8-12(17)18/h4-7H,8-9H2,1-3H3,(H,17,18)(H2,15,16,19). The summed E-state index contributed by atoms with van der Waals surface area (Å²) in [5.41, 5.74) is 1.36. The van der Waals surface area contributed by atoms with E-state index in [4.69, 9.17) is 5.11 Å². The van der Waals surface area contributed by atoms with Gasteiger partial charge in [0.05, 0.1) is 6.42 Å². The quantitative estimate of drug-likeness (QED) is 0.761. The third kappa shape index (κ3) is 5.90. The summed E-state index contributed by atoms with van der Waals surface area (Å²) in [5.74, 6) is -0.941. The summed E-state index contributed by atoms with van der Waals surface area (Å²) in [6.45, 7) is 5.75. The second kappa shape index (κ2) is 6.22. The van der Waals surface area contributed by atoms with Crippen LogP contribution in [-0.4, -0.2) is 22.6 Å². The number of carbonyl (C=O) groups is 2. The van der Waals surface area contributed by atoms with Gasteiger partial charge in [-0.3, -0.25) is 4.79 Å². The number of hydrogen-bond donors (Lipinski definition) is 3. The lowest BCUT2D eigenvalue weighted by molar-refractivity contribution is -0.138. The predicted molar refractivity (Wildman–Crippen MR) is 72.9 cm³/mol. The fourth-order valence-corrected chi connectivity index (χ4v) is 1.78. The molecule has 3 N–H and O–H groups in total. The van der Waals surface area contributed by atoms with Crippen molar-refractivity contribution in [1.29, 1.82) is 0 Å². The van der Waals surface area contributed by atoms with Gasteiger partial charge in [-0.15, -0.1) is 0 Å². The maximum atomic E-state index is 11.7. The predicted octanol–water partition coefficient (Wildman–Crippen LogP) is 2.05. The molecule has 0 unspecified atom stereocenters. The zero-order chi connectivity index (χ0) is 14.5. The van der Waals surface area contributed by atoms with Crippen molar-refractivity contribution in [3.05, 3.63) is 35.4 Å². The van der Waals surface area contributed by atoms with Gasteiger partial charge in [0.2, 0.25) is 0 Å². The van der Waals surface area contributed by atoms with E-state index < -0.39 is 11.5 Å². The number of benzene rings is 1. The van der Waals surface area contributed by atoms with Gasteiger partial charge in [-0.2, -0.15) is 0 Å². The molecule has 0 aliphatic carbocycles. The fraction of sp³-hybridized carbons (Fsp3) is 0.429. The van der Waals surface area contributed by atoms with Crippen molar-refractivity contribution in [2.45, 2.75) is 39.3 Å². The SMILES string of the molecule is Cc1cccc(CNC(=O)NC(C)(C)CC(=O)O)c1. The highest BCUT2D eigenvalue weighted by Gasteiger charge is 2.23. The van der Waals surface area contributed by atoms with Crippen LogP contribution < -0.4 is 10.6 Å². The van der Waals surface area contributed by atoms with Gasteiger partial charge in [0, 0.05) is 12.1 Å². The Hall–Kier alpha value is -2.04. The van der Waals surface area contributed by atoms with Crippen molar-refractivity contribution < 1.29 is 14.7 Å². The van der Waals surface area contributed by atoms with Gasteiger partial charge in [0.15, 0.2) is 0 Å². The van der Waals surface area contributed by atoms with Crippen LogP contribution in [0.2, 0.25) is 0 Å². The Labute approximate surface area is 113 Å². The van der Waals surface area contributed by atoms with Crippen LogP contribution in [0.5, 0.6) is 0 Å². The molecule has 1 aromatic rings. The number of hydrogen-bond acceptors (Lipinski definition) is 2. The Balaban J connectivity index is 2.46. The smallest absolute Gasteiger partial charge is 0.315 e. The van der Waals surface area contributed by atoms with Gasteiger partial charge in [-0.25, -0.2) is 4.79 Å². The van der Waals surface area contributed by atoms with E-state index in [1.165, 1.54) is 0 Å². The molecule has 1 aromatic carbocycles. The number of carboxylic acids is 1. The van der Waals surface area contributed by atoms with Crippen LogP contribution in [0.15, 0.2) is 24.3 Å². The zero-order valence-electron chi connectivity index (χ0n) is 11.5. The van der Waals surface area contributed by atoms with E-state index in [9.17, 15) is 9.59 Å². The lowest BCUT2D eigenvalue weighted by Crippen LogP contribution is -2.49. The highest BCUT2D eigenvalue weighted by atomic mass is 16.4. The highest BCUT2D eigenvalue weighted by Crippen LogP contribution is 2.08. The molecule has 0 spiro atoms. The number of rotatable bonds is 5. The lowest BCUT2D eigenvalue weighted by Gasteiger charge is -2.24. The lowest BCUT2D eigenvalue weighted by atomic mass is 10.0. The van der Waals surface area contributed by atoms with Crippen molar-refractivity contribution in [3.63, 3.8) is 0 Å². The molecule has 1 rings (SSSR count). The van der Waals surface area contributed by atoms with Crippen molar-refractivity contribution >= 4 is 12.0 Å². The molecule has 19 heavy (non-hydrogen) atoms. The van der Waals surface area contributed by atoms with Gasteiger partial charge in [-0.05, 0) is 26.3 Å². The third-order valence-corrected chi connectivity index (χ3v) is 2.58. The maximum Gasteiger partial charge on any atom is 0.315 e. The van der Waals surface area contributed by atoms with E-state index in [0.29, 0.717) is 6.54 Å². The van der Waals surface area contributed by atoms with Gasteiger partial charge in [-0.1, -0.05) is 29.8 Å². The van der Waals surface area contributed by atoms with Crippen LogP contribution >= 0.6 is 0 Å². The number of carboxylic acid groups (broad SMARTS) is 1. The summed E-state index contributed by atoms with van der Waals surface area (Å²) in [6.07, 6.45) is -0.120. The molecule has 0 radical (unpaired) electrons. The molecule has 2 amide bonds. The first-order valence-corrected chi connectivity index (χ1v) is 6.12. The van der Waals surface area contributed by atoms with Crippen LogP contribution in [0.1, 0.15) is 31.4 Å². The van der Waals surface area contributed by atoms with E-state index in [1.54, 1.807) is 13.8 Å². The summed E-state index contributed by atoms with van der Waals surface area (Å²) >= 11 is 0. The average molecular weight is 264 g/mol. The van der Waals surface area contributed by atoms with Crippen LogP contribution in [0.4, 0.5) is 4.79 Å². The maximum absolute atomic E-state index is 11.7. The molecular formula is C14H20N2O3. The van der Waals surface area contributed by atoms with E-state index in [1.807, 2.05) is 31.2 Å². The molecule has 0 aliphatic rings. The Bertz CT molecular complexity index is 470. The van der Waals surface area contributed by atoms with Gasteiger partial charge in [0.25, 0.3) is 0 Å². The van der Waals surface area contributed by atoms with Crippen molar-refractivity contribution in [1.82, 2.24) is 10.6 Å². The van der Waals surface area contributed by atoms with E-state index in [0.717, 1.165) is 11.1 Å². The Morgan fingerprint density at radius 3 is 2.58 bits per heavy atom. The van der Waals surface area contributed by atoms with E-state index in [-0.39, 0.29) is 12.5 Å². The van der Waals surface area contributed by atoms with Crippen LogP contribution in [-0.2, 0) is 11.3 Å². The van der Waals surface area contributed by atoms with Gasteiger partial charge >= 0.3 is 12.0 Å². The average Bonchev–Trinajstić information content (AvgIpc) is 2.24. The molecule has 0 atom stereocenters. The number of aliphatic carboxylic acids is 1. The Morgan fingerprint density at radius 1 is 1.32 bits per heavy atom. The molecule has 5 heteroatoms. The Kier molecular flexibility index (Phi) is 4.92. The van der Waals surface area contributed by atoms with Crippen molar-refractivity contribution in [2.75, 3.05) is 0 Å². The first-order valence-electron chi connectivity index (χ1n) is 6.12. The highest BCUT2D eigenvalue weighted by molar-refractivity contribution is 5.76. The fourth-order valence-electron chi connectivity index (χ4n) is 1.78. The Morgan fingerprint density at radius 2 is 2.00 bits per heavy atom. The summed E-state index contributed by atoms with van der Waals surface area (Å²) in [5, 5.41) is 14.1. The van der Waals surface area contributed by atoms with Gasteiger partial charge in [0.1, 0.15) is 0 Å². The second-order valence-corrected chi connectivity index (χ2v) is 5.25. The van der Waals surface area contributed by atoms with Crippen molar-refractivity contribution in [2.24, 2.45) is 0 Å². The molecule has 5 nitrogen and oxygen atoms in total. The zero-order valence-corrected chi connectivity index (χ0v) is 11.5. The molecule has 0 fully saturated rings. The molecule has 0 aliphatic heterocycles. The minimum absolute atomic E-state index is 0.120. The first-order chi connectivity index (χ1) is 8.78. The van der Waals surface area contributed by atoms with Gasteiger partial charge < -0.3 is 15.7 Å². The van der Waals surface area contributed by atoms with E-state index >= 15 is 0 Å². The van der Waals surface area contributed by atoms with Crippen LogP contribution in [0, 0.1) is 6.92 Å². The largest absolute Gasteiger partial charge is 0.481 e. The van der Waals surface area contributed by atoms with Crippen LogP contribution in [0.3, 0.4) is 0 Å². The normalized spacial score (nSPS) is 10.9. The number of nitrogens with one attached hydrogen (secondary N) is 2.